The lowest BCUT2D eigenvalue weighted by molar-refractivity contribution is 0.0947. The van der Waals surface area contributed by atoms with E-state index in [1.54, 1.807) is 24.3 Å². The molecule has 0 radical (unpaired) electrons. The number of amides is 1. The third kappa shape index (κ3) is 5.97. The maximum Gasteiger partial charge on any atom is 0.270 e. The monoisotopic (exact) mass is 388 g/mol. The van der Waals surface area contributed by atoms with Crippen LogP contribution in [-0.4, -0.2) is 28.2 Å². The van der Waals surface area contributed by atoms with Crippen LogP contribution in [0.5, 0.6) is 0 Å². The van der Waals surface area contributed by atoms with Crippen LogP contribution in [0.1, 0.15) is 45.4 Å². The zero-order valence-electron chi connectivity index (χ0n) is 16.6. The van der Waals surface area contributed by atoms with Crippen LogP contribution in [0.4, 0.5) is 11.6 Å². The summed E-state index contributed by atoms with van der Waals surface area (Å²) in [7, 11) is 0. The highest BCUT2D eigenvalue weighted by atomic mass is 16.1. The van der Waals surface area contributed by atoms with E-state index < -0.39 is 0 Å². The fourth-order valence-corrected chi connectivity index (χ4v) is 2.92. The molecule has 0 aliphatic carbocycles. The van der Waals surface area contributed by atoms with Gasteiger partial charge >= 0.3 is 0 Å². The molecule has 0 aliphatic heterocycles. The van der Waals surface area contributed by atoms with Crippen molar-refractivity contribution in [3.8, 4) is 0 Å². The molecule has 3 aromatic rings. The maximum atomic E-state index is 12.5. The van der Waals surface area contributed by atoms with Gasteiger partial charge in [0.05, 0.1) is 0 Å². The van der Waals surface area contributed by atoms with Crippen LogP contribution in [0, 0.1) is 6.92 Å². The largest absolute Gasteiger partial charge is 0.351 e. The van der Waals surface area contributed by atoms with Crippen LogP contribution < -0.4 is 10.6 Å². The van der Waals surface area contributed by atoms with Gasteiger partial charge < -0.3 is 10.6 Å². The molecule has 0 atom stereocenters. The first-order chi connectivity index (χ1) is 14.0. The lowest BCUT2D eigenvalue weighted by Crippen LogP contribution is -2.26. The van der Waals surface area contributed by atoms with Crippen LogP contribution in [0.25, 0.3) is 0 Å². The van der Waals surface area contributed by atoms with Gasteiger partial charge in [-0.05, 0) is 50.5 Å². The molecule has 0 aliphatic rings. The average Bonchev–Trinajstić information content (AvgIpc) is 2.71. The minimum absolute atomic E-state index is 0.0191. The van der Waals surface area contributed by atoms with Gasteiger partial charge in [0, 0.05) is 23.5 Å². The molecule has 148 valence electrons. The molecule has 2 N–H and O–H groups in total. The van der Waals surface area contributed by atoms with E-state index in [9.17, 15) is 9.59 Å². The smallest absolute Gasteiger partial charge is 0.270 e. The van der Waals surface area contributed by atoms with E-state index in [4.69, 9.17) is 0 Å². The summed E-state index contributed by atoms with van der Waals surface area (Å²) in [4.78, 5) is 32.7. The molecule has 6 nitrogen and oxygen atoms in total. The van der Waals surface area contributed by atoms with Crippen LogP contribution >= 0.6 is 0 Å². The van der Waals surface area contributed by atoms with Gasteiger partial charge in [-0.3, -0.25) is 9.59 Å². The standard InChI is InChI=1S/C23H24N4O2/c1-16-14-21(22(29)24-13-7-10-18-8-4-3-5-9-18)27-23(25-16)26-20-12-6-11-19(15-20)17(2)28/h3-6,8-9,11-12,14-15H,7,10,13H2,1-2H3,(H,24,29)(H,25,26,27). The van der Waals surface area contributed by atoms with Gasteiger partial charge in [-0.25, -0.2) is 9.97 Å². The molecule has 0 spiro atoms. The fourth-order valence-electron chi connectivity index (χ4n) is 2.92. The second kappa shape index (κ2) is 9.59. The van der Waals surface area contributed by atoms with E-state index in [-0.39, 0.29) is 11.7 Å². The Bertz CT molecular complexity index is 1000. The van der Waals surface area contributed by atoms with Gasteiger partial charge in [0.1, 0.15) is 5.69 Å². The highest BCUT2D eigenvalue weighted by Gasteiger charge is 2.11. The molecule has 6 heteroatoms. The Kier molecular flexibility index (Phi) is 6.68. The van der Waals surface area contributed by atoms with Crippen molar-refractivity contribution in [2.75, 3.05) is 11.9 Å². The minimum atomic E-state index is -0.232. The third-order valence-corrected chi connectivity index (χ3v) is 4.38. The van der Waals surface area contributed by atoms with Crippen molar-refractivity contribution in [3.05, 3.63) is 83.2 Å². The number of ketones is 1. The number of carbonyl (C=O) groups is 2. The van der Waals surface area contributed by atoms with E-state index in [0.717, 1.165) is 12.8 Å². The Balaban J connectivity index is 1.61. The number of benzene rings is 2. The first kappa shape index (κ1) is 20.2. The first-order valence-corrected chi connectivity index (χ1v) is 9.57. The highest BCUT2D eigenvalue weighted by Crippen LogP contribution is 2.16. The number of anilines is 2. The van der Waals surface area contributed by atoms with Crippen molar-refractivity contribution in [2.24, 2.45) is 0 Å². The Morgan fingerprint density at radius 3 is 2.52 bits per heavy atom. The van der Waals surface area contributed by atoms with Gasteiger partial charge in [0.15, 0.2) is 5.78 Å². The van der Waals surface area contributed by atoms with Crippen molar-refractivity contribution in [1.29, 1.82) is 0 Å². The molecule has 3 rings (SSSR count). The van der Waals surface area contributed by atoms with Crippen LogP contribution in [-0.2, 0) is 6.42 Å². The van der Waals surface area contributed by atoms with E-state index in [1.165, 1.54) is 12.5 Å². The van der Waals surface area contributed by atoms with E-state index in [2.05, 4.69) is 32.7 Å². The molecule has 0 saturated heterocycles. The zero-order valence-corrected chi connectivity index (χ0v) is 16.6. The molecular weight excluding hydrogens is 364 g/mol. The molecule has 0 saturated carbocycles. The Morgan fingerprint density at radius 2 is 1.76 bits per heavy atom. The van der Waals surface area contributed by atoms with E-state index in [0.29, 0.717) is 35.1 Å². The van der Waals surface area contributed by atoms with Crippen LogP contribution in [0.3, 0.4) is 0 Å². The molecule has 29 heavy (non-hydrogen) atoms. The van der Waals surface area contributed by atoms with Crippen LogP contribution in [0.2, 0.25) is 0 Å². The normalized spacial score (nSPS) is 10.4. The van der Waals surface area contributed by atoms with Crippen LogP contribution in [0.15, 0.2) is 60.7 Å². The minimum Gasteiger partial charge on any atom is -0.351 e. The summed E-state index contributed by atoms with van der Waals surface area (Å²) in [5.41, 5.74) is 3.53. The van der Waals surface area contributed by atoms with Gasteiger partial charge in [0.25, 0.3) is 5.91 Å². The number of carbonyl (C=O) groups excluding carboxylic acids is 2. The summed E-state index contributed by atoms with van der Waals surface area (Å²) in [6.45, 7) is 3.90. The molecule has 0 bridgehead atoms. The molecule has 1 amide bonds. The number of rotatable bonds is 8. The highest BCUT2D eigenvalue weighted by molar-refractivity contribution is 5.95. The Hall–Kier alpha value is -3.54. The third-order valence-electron chi connectivity index (χ3n) is 4.38. The Morgan fingerprint density at radius 1 is 0.966 bits per heavy atom. The Labute approximate surface area is 170 Å². The lowest BCUT2D eigenvalue weighted by atomic mass is 10.1. The van der Waals surface area contributed by atoms with E-state index >= 15 is 0 Å². The SMILES string of the molecule is CC(=O)c1cccc(Nc2nc(C)cc(C(=O)NCCCc3ccccc3)n2)c1. The van der Waals surface area contributed by atoms with Crippen molar-refractivity contribution in [1.82, 2.24) is 15.3 Å². The number of nitrogens with one attached hydrogen (secondary N) is 2. The summed E-state index contributed by atoms with van der Waals surface area (Å²) in [5, 5.41) is 5.98. The summed E-state index contributed by atoms with van der Waals surface area (Å²) >= 11 is 0. The number of Topliss-reactive ketones (excluding diaryl/α,β-unsaturated/α-hetero) is 1. The summed E-state index contributed by atoms with van der Waals surface area (Å²) < 4.78 is 0. The zero-order chi connectivity index (χ0) is 20.6. The molecule has 2 aromatic carbocycles. The van der Waals surface area contributed by atoms with E-state index in [1.807, 2.05) is 31.2 Å². The van der Waals surface area contributed by atoms with Crippen molar-refractivity contribution in [2.45, 2.75) is 26.7 Å². The molecule has 0 unspecified atom stereocenters. The molecule has 0 fully saturated rings. The number of nitrogens with zero attached hydrogens (tertiary/aromatic N) is 2. The van der Waals surface area contributed by atoms with Gasteiger partial charge in [-0.15, -0.1) is 0 Å². The fraction of sp³-hybridized carbons (Fsp3) is 0.217. The van der Waals surface area contributed by atoms with Gasteiger partial charge in [-0.2, -0.15) is 0 Å². The predicted molar refractivity (Wildman–Crippen MR) is 114 cm³/mol. The predicted octanol–water partition coefficient (Wildman–Crippen LogP) is 4.09. The van der Waals surface area contributed by atoms with Gasteiger partial charge in [-0.1, -0.05) is 42.5 Å². The average molecular weight is 388 g/mol. The second-order valence-corrected chi connectivity index (χ2v) is 6.83. The lowest BCUT2D eigenvalue weighted by Gasteiger charge is -2.09. The summed E-state index contributed by atoms with van der Waals surface area (Å²) in [5.74, 6) is 0.0682. The second-order valence-electron chi connectivity index (χ2n) is 6.83. The molecular formula is C23H24N4O2. The number of hydrogen-bond acceptors (Lipinski definition) is 5. The van der Waals surface area contributed by atoms with Gasteiger partial charge in [0.2, 0.25) is 5.95 Å². The number of aryl methyl sites for hydroxylation is 2. The van der Waals surface area contributed by atoms with Crippen molar-refractivity contribution >= 4 is 23.3 Å². The number of hydrogen-bond donors (Lipinski definition) is 2. The molecule has 1 aromatic heterocycles. The molecule has 1 heterocycles. The van der Waals surface area contributed by atoms with Crippen molar-refractivity contribution < 1.29 is 9.59 Å². The summed E-state index contributed by atoms with van der Waals surface area (Å²) in [6, 6.07) is 18.9. The van der Waals surface area contributed by atoms with Crippen molar-refractivity contribution in [3.63, 3.8) is 0 Å². The topological polar surface area (TPSA) is 84.0 Å². The quantitative estimate of drug-likeness (QED) is 0.448. The number of aromatic nitrogens is 2. The summed E-state index contributed by atoms with van der Waals surface area (Å²) in [6.07, 6.45) is 1.76. The first-order valence-electron chi connectivity index (χ1n) is 9.57. The maximum absolute atomic E-state index is 12.5.